The monoisotopic (exact) mass is 419 g/mol. The summed E-state index contributed by atoms with van der Waals surface area (Å²) in [4.78, 5) is 45.5. The molecule has 4 N–H and O–H groups in total. The van der Waals surface area contributed by atoms with Crippen molar-refractivity contribution in [3.8, 4) is 0 Å². The number of nitrogens with zero attached hydrogens (tertiary/aromatic N) is 1. The summed E-state index contributed by atoms with van der Waals surface area (Å²) in [5, 5.41) is 8.49. The van der Waals surface area contributed by atoms with Gasteiger partial charge in [0.25, 0.3) is 5.91 Å². The van der Waals surface area contributed by atoms with Gasteiger partial charge in [-0.2, -0.15) is 0 Å². The maximum absolute atomic E-state index is 12.7. The number of imidazole rings is 1. The number of para-hydroxylation sites is 3. The van der Waals surface area contributed by atoms with Gasteiger partial charge in [0.05, 0.1) is 28.3 Å². The van der Waals surface area contributed by atoms with Gasteiger partial charge in [0, 0.05) is 6.42 Å². The first kappa shape index (κ1) is 20.6. The predicted octanol–water partition coefficient (Wildman–Crippen LogP) is 2.91. The summed E-state index contributed by atoms with van der Waals surface area (Å²) < 4.78 is 0. The highest BCUT2D eigenvalue weighted by molar-refractivity contribution is 6.09. The molecule has 0 unspecified atom stereocenters. The van der Waals surface area contributed by atoms with Crippen LogP contribution < -0.4 is 16.0 Å². The normalized spacial score (nSPS) is 16.9. The number of aromatic nitrogens is 2. The van der Waals surface area contributed by atoms with Gasteiger partial charge in [-0.3, -0.25) is 14.4 Å². The third-order valence-corrected chi connectivity index (χ3v) is 5.40. The molecule has 3 amide bonds. The molecule has 31 heavy (non-hydrogen) atoms. The first-order valence-corrected chi connectivity index (χ1v) is 10.4. The number of anilines is 1. The molecule has 1 aromatic heterocycles. The van der Waals surface area contributed by atoms with E-state index in [1.54, 1.807) is 24.3 Å². The Kier molecular flexibility index (Phi) is 5.70. The lowest BCUT2D eigenvalue weighted by molar-refractivity contribution is -0.122. The molecule has 8 nitrogen and oxygen atoms in total. The van der Waals surface area contributed by atoms with E-state index in [-0.39, 0.29) is 42.5 Å². The van der Waals surface area contributed by atoms with Crippen LogP contribution in [0.4, 0.5) is 5.69 Å². The van der Waals surface area contributed by atoms with Crippen LogP contribution in [0.1, 0.15) is 48.9 Å². The third-order valence-electron chi connectivity index (χ3n) is 5.40. The number of hydrogen-bond acceptors (Lipinski definition) is 4. The summed E-state index contributed by atoms with van der Waals surface area (Å²) in [7, 11) is 0. The standard InChI is InChI=1S/C23H25N5O3/c1-13(2)20(21-24-16-9-5-6-10-17(16)25-21)28-19(29)12-11-18-23(31)26-15-8-4-3-7-14(15)22(30)27-18/h3-10,13,18,20H,11-12H2,1-2H3,(H,24,25)(H,26,31)(H,27,30)(H,28,29)/t18-,20+/m1/s1. The summed E-state index contributed by atoms with van der Waals surface area (Å²) in [5.41, 5.74) is 2.64. The molecular weight excluding hydrogens is 394 g/mol. The topological polar surface area (TPSA) is 116 Å². The molecule has 8 heteroatoms. The lowest BCUT2D eigenvalue weighted by atomic mass is 10.0. The molecule has 0 radical (unpaired) electrons. The van der Waals surface area contributed by atoms with Crippen LogP contribution in [-0.4, -0.2) is 33.7 Å². The molecule has 0 spiro atoms. The average molecular weight is 419 g/mol. The maximum atomic E-state index is 12.7. The number of carbonyl (C=O) groups excluding carboxylic acids is 3. The Morgan fingerprint density at radius 3 is 2.61 bits per heavy atom. The molecule has 0 aliphatic carbocycles. The minimum Gasteiger partial charge on any atom is -0.346 e. The highest BCUT2D eigenvalue weighted by Gasteiger charge is 2.28. The first-order valence-electron chi connectivity index (χ1n) is 10.4. The van der Waals surface area contributed by atoms with E-state index < -0.39 is 6.04 Å². The van der Waals surface area contributed by atoms with Crippen molar-refractivity contribution in [2.75, 3.05) is 5.32 Å². The van der Waals surface area contributed by atoms with Gasteiger partial charge in [-0.1, -0.05) is 38.1 Å². The Labute approximate surface area is 179 Å². The first-order chi connectivity index (χ1) is 14.9. The lowest BCUT2D eigenvalue weighted by Gasteiger charge is -2.21. The van der Waals surface area contributed by atoms with Crippen molar-refractivity contribution >= 4 is 34.4 Å². The molecule has 0 saturated heterocycles. The minimum atomic E-state index is -0.783. The molecule has 2 heterocycles. The number of aromatic amines is 1. The fourth-order valence-electron chi connectivity index (χ4n) is 3.71. The van der Waals surface area contributed by atoms with E-state index in [0.29, 0.717) is 17.1 Å². The number of amides is 3. The zero-order valence-electron chi connectivity index (χ0n) is 17.4. The van der Waals surface area contributed by atoms with Crippen molar-refractivity contribution in [3.63, 3.8) is 0 Å². The van der Waals surface area contributed by atoms with E-state index >= 15 is 0 Å². The van der Waals surface area contributed by atoms with Crippen molar-refractivity contribution in [2.24, 2.45) is 5.92 Å². The van der Waals surface area contributed by atoms with E-state index in [1.165, 1.54) is 0 Å². The predicted molar refractivity (Wildman–Crippen MR) is 117 cm³/mol. The van der Waals surface area contributed by atoms with Crippen LogP contribution in [0.3, 0.4) is 0 Å². The SMILES string of the molecule is CC(C)[C@H](NC(=O)CC[C@H]1NC(=O)c2ccccc2NC1=O)c1nc2ccccc2[nH]1. The molecular formula is C23H25N5O3. The summed E-state index contributed by atoms with van der Waals surface area (Å²) in [6.45, 7) is 4.02. The van der Waals surface area contributed by atoms with Crippen LogP contribution >= 0.6 is 0 Å². The number of H-pyrrole nitrogens is 1. The average Bonchev–Trinajstić information content (AvgIpc) is 3.13. The molecule has 1 aliphatic heterocycles. The highest BCUT2D eigenvalue weighted by atomic mass is 16.2. The second-order valence-electron chi connectivity index (χ2n) is 8.03. The Balaban J connectivity index is 1.41. The Hall–Kier alpha value is -3.68. The van der Waals surface area contributed by atoms with Crippen LogP contribution in [0.2, 0.25) is 0 Å². The molecule has 0 bridgehead atoms. The number of benzene rings is 2. The number of rotatable bonds is 6. The number of nitrogens with one attached hydrogen (secondary N) is 4. The molecule has 0 saturated carbocycles. The lowest BCUT2D eigenvalue weighted by Crippen LogP contribution is -2.42. The van der Waals surface area contributed by atoms with E-state index in [2.05, 4.69) is 25.9 Å². The quantitative estimate of drug-likeness (QED) is 0.492. The summed E-state index contributed by atoms with van der Waals surface area (Å²) in [6.07, 6.45) is 0.292. The van der Waals surface area contributed by atoms with Gasteiger partial charge in [0.1, 0.15) is 11.9 Å². The van der Waals surface area contributed by atoms with Crippen molar-refractivity contribution < 1.29 is 14.4 Å². The highest BCUT2D eigenvalue weighted by Crippen LogP contribution is 2.23. The van der Waals surface area contributed by atoms with Crippen LogP contribution in [0.25, 0.3) is 11.0 Å². The molecule has 2 atom stereocenters. The van der Waals surface area contributed by atoms with Crippen molar-refractivity contribution in [2.45, 2.75) is 38.8 Å². The van der Waals surface area contributed by atoms with Gasteiger partial charge in [-0.05, 0) is 36.6 Å². The summed E-state index contributed by atoms with van der Waals surface area (Å²) in [5.74, 6) is -0.0612. The van der Waals surface area contributed by atoms with E-state index in [9.17, 15) is 14.4 Å². The largest absolute Gasteiger partial charge is 0.346 e. The fourth-order valence-corrected chi connectivity index (χ4v) is 3.71. The van der Waals surface area contributed by atoms with E-state index in [1.807, 2.05) is 38.1 Å². The van der Waals surface area contributed by atoms with E-state index in [0.717, 1.165) is 11.0 Å². The minimum absolute atomic E-state index is 0.0954. The zero-order chi connectivity index (χ0) is 22.0. The maximum Gasteiger partial charge on any atom is 0.254 e. The Bertz CT molecular complexity index is 1100. The van der Waals surface area contributed by atoms with Crippen molar-refractivity contribution in [1.29, 1.82) is 0 Å². The molecule has 2 aromatic carbocycles. The summed E-state index contributed by atoms with van der Waals surface area (Å²) in [6, 6.07) is 13.5. The molecule has 0 fully saturated rings. The summed E-state index contributed by atoms with van der Waals surface area (Å²) >= 11 is 0. The van der Waals surface area contributed by atoms with Gasteiger partial charge >= 0.3 is 0 Å². The molecule has 4 rings (SSSR count). The van der Waals surface area contributed by atoms with Crippen LogP contribution in [0, 0.1) is 5.92 Å². The molecule has 3 aromatic rings. The molecule has 1 aliphatic rings. The van der Waals surface area contributed by atoms with Gasteiger partial charge in [-0.15, -0.1) is 0 Å². The Morgan fingerprint density at radius 2 is 1.84 bits per heavy atom. The van der Waals surface area contributed by atoms with Crippen LogP contribution in [0.15, 0.2) is 48.5 Å². The second-order valence-corrected chi connectivity index (χ2v) is 8.03. The smallest absolute Gasteiger partial charge is 0.254 e. The number of fused-ring (bicyclic) bond motifs is 2. The van der Waals surface area contributed by atoms with E-state index in [4.69, 9.17) is 0 Å². The fraction of sp³-hybridized carbons (Fsp3) is 0.304. The van der Waals surface area contributed by atoms with Gasteiger partial charge in [0.15, 0.2) is 0 Å². The van der Waals surface area contributed by atoms with Crippen LogP contribution in [-0.2, 0) is 9.59 Å². The van der Waals surface area contributed by atoms with Crippen LogP contribution in [0.5, 0.6) is 0 Å². The van der Waals surface area contributed by atoms with Crippen molar-refractivity contribution in [3.05, 3.63) is 59.9 Å². The van der Waals surface area contributed by atoms with Gasteiger partial charge in [-0.25, -0.2) is 4.98 Å². The second kappa shape index (κ2) is 8.59. The van der Waals surface area contributed by atoms with Gasteiger partial charge in [0.2, 0.25) is 11.8 Å². The van der Waals surface area contributed by atoms with Gasteiger partial charge < -0.3 is 20.9 Å². The zero-order valence-corrected chi connectivity index (χ0v) is 17.4. The van der Waals surface area contributed by atoms with Crippen molar-refractivity contribution in [1.82, 2.24) is 20.6 Å². The number of carbonyl (C=O) groups is 3. The number of hydrogen-bond donors (Lipinski definition) is 4. The Morgan fingerprint density at radius 1 is 1.10 bits per heavy atom. The molecule has 160 valence electrons. The third kappa shape index (κ3) is 4.42.